The number of nitrogens with zero attached hydrogens (tertiary/aromatic N) is 2. The van der Waals surface area contributed by atoms with Crippen LogP contribution >= 0.6 is 15.9 Å². The molecule has 1 aromatic carbocycles. The van der Waals surface area contributed by atoms with Crippen molar-refractivity contribution in [1.82, 2.24) is 4.90 Å². The molecular formula is C14H19BrN2O4. The van der Waals surface area contributed by atoms with E-state index >= 15 is 0 Å². The van der Waals surface area contributed by atoms with Gasteiger partial charge in [0.2, 0.25) is 0 Å². The Bertz CT molecular complexity index is 490. The van der Waals surface area contributed by atoms with E-state index in [1.165, 1.54) is 0 Å². The number of nitro benzene ring substituents is 1. The summed E-state index contributed by atoms with van der Waals surface area (Å²) in [4.78, 5) is 13.0. The first kappa shape index (κ1) is 16.4. The summed E-state index contributed by atoms with van der Waals surface area (Å²) in [5.41, 5.74) is 0.890. The fourth-order valence-electron chi connectivity index (χ4n) is 2.53. The molecule has 0 spiro atoms. The normalized spacial score (nSPS) is 17.0. The van der Waals surface area contributed by atoms with Crippen LogP contribution in [0.1, 0.15) is 18.4 Å². The summed E-state index contributed by atoms with van der Waals surface area (Å²) >= 11 is 3.27. The maximum absolute atomic E-state index is 11.1. The third-order valence-corrected chi connectivity index (χ3v) is 4.11. The predicted molar refractivity (Wildman–Crippen MR) is 82.1 cm³/mol. The lowest BCUT2D eigenvalue weighted by Gasteiger charge is -2.31. The monoisotopic (exact) mass is 358 g/mol. The fourth-order valence-corrected chi connectivity index (χ4v) is 2.88. The minimum absolute atomic E-state index is 0.0469. The Morgan fingerprint density at radius 1 is 1.43 bits per heavy atom. The summed E-state index contributed by atoms with van der Waals surface area (Å²) < 4.78 is 6.23. The molecule has 0 saturated carbocycles. The predicted octanol–water partition coefficient (Wildman–Crippen LogP) is 2.33. The molecule has 0 unspecified atom stereocenters. The number of hydrogen-bond acceptors (Lipinski definition) is 5. The molecule has 1 aromatic rings. The summed E-state index contributed by atoms with van der Waals surface area (Å²) in [5, 5.41) is 19.9. The number of hydrogen-bond donors (Lipinski definition) is 1. The summed E-state index contributed by atoms with van der Waals surface area (Å²) in [6.07, 6.45) is 1.97. The van der Waals surface area contributed by atoms with Crippen molar-refractivity contribution >= 4 is 21.6 Å². The van der Waals surface area contributed by atoms with Crippen LogP contribution in [-0.2, 0) is 11.3 Å². The highest BCUT2D eigenvalue weighted by Gasteiger charge is 2.22. The van der Waals surface area contributed by atoms with Gasteiger partial charge < -0.3 is 9.84 Å². The summed E-state index contributed by atoms with van der Waals surface area (Å²) in [6.45, 7) is 2.71. The van der Waals surface area contributed by atoms with Crippen LogP contribution in [0.2, 0.25) is 0 Å². The van der Waals surface area contributed by atoms with E-state index in [1.54, 1.807) is 12.1 Å². The Labute approximate surface area is 132 Å². The van der Waals surface area contributed by atoms with Crippen LogP contribution in [0, 0.1) is 10.1 Å². The van der Waals surface area contributed by atoms with Crippen molar-refractivity contribution in [2.24, 2.45) is 0 Å². The number of rotatable bonds is 6. The topological polar surface area (TPSA) is 75.8 Å². The van der Waals surface area contributed by atoms with Gasteiger partial charge in [0.15, 0.2) is 0 Å². The number of ether oxygens (including phenoxy) is 1. The van der Waals surface area contributed by atoms with E-state index in [0.717, 1.165) is 31.5 Å². The van der Waals surface area contributed by atoms with Crippen LogP contribution in [0.15, 0.2) is 22.7 Å². The third kappa shape index (κ3) is 4.74. The first-order chi connectivity index (χ1) is 10.1. The number of benzene rings is 1. The molecular weight excluding hydrogens is 340 g/mol. The minimum atomic E-state index is -0.336. The number of piperidine rings is 1. The van der Waals surface area contributed by atoms with Crippen molar-refractivity contribution in [3.63, 3.8) is 0 Å². The van der Waals surface area contributed by atoms with Gasteiger partial charge in [-0.15, -0.1) is 0 Å². The van der Waals surface area contributed by atoms with Gasteiger partial charge in [-0.25, -0.2) is 0 Å². The molecule has 2 rings (SSSR count). The molecule has 1 aliphatic rings. The van der Waals surface area contributed by atoms with E-state index < -0.39 is 0 Å². The second kappa shape index (κ2) is 7.84. The molecule has 1 heterocycles. The van der Waals surface area contributed by atoms with Gasteiger partial charge in [-0.2, -0.15) is 0 Å². The van der Waals surface area contributed by atoms with Gasteiger partial charge in [0.1, 0.15) is 0 Å². The lowest BCUT2D eigenvalue weighted by molar-refractivity contribution is -0.385. The average Bonchev–Trinajstić information content (AvgIpc) is 2.48. The molecule has 0 atom stereocenters. The van der Waals surface area contributed by atoms with Crippen molar-refractivity contribution in [1.29, 1.82) is 0 Å². The third-order valence-electron chi connectivity index (χ3n) is 3.62. The van der Waals surface area contributed by atoms with E-state index in [9.17, 15) is 10.1 Å². The highest BCUT2D eigenvalue weighted by atomic mass is 79.9. The molecule has 0 bridgehead atoms. The quantitative estimate of drug-likeness (QED) is 0.623. The van der Waals surface area contributed by atoms with E-state index in [-0.39, 0.29) is 23.3 Å². The Morgan fingerprint density at radius 2 is 2.14 bits per heavy atom. The first-order valence-corrected chi connectivity index (χ1v) is 7.77. The molecule has 0 amide bonds. The summed E-state index contributed by atoms with van der Waals surface area (Å²) in [6, 6.07) is 5.18. The zero-order valence-electron chi connectivity index (χ0n) is 11.7. The Morgan fingerprint density at radius 3 is 2.76 bits per heavy atom. The summed E-state index contributed by atoms with van der Waals surface area (Å²) in [5.74, 6) is 0. The standard InChI is InChI=1S/C14H19BrN2O4/c15-12-2-1-11(14(9-12)17(19)20)10-16-5-3-13(4-6-16)21-8-7-18/h1-2,9,13,18H,3-8,10H2. The second-order valence-electron chi connectivity index (χ2n) is 5.10. The molecule has 1 aliphatic heterocycles. The van der Waals surface area contributed by atoms with Crippen LogP contribution < -0.4 is 0 Å². The van der Waals surface area contributed by atoms with Crippen molar-refractivity contribution in [3.8, 4) is 0 Å². The number of halogens is 1. The van der Waals surface area contributed by atoms with Gasteiger partial charge in [-0.05, 0) is 25.0 Å². The van der Waals surface area contributed by atoms with Crippen LogP contribution in [0.4, 0.5) is 5.69 Å². The highest BCUT2D eigenvalue weighted by molar-refractivity contribution is 9.10. The first-order valence-electron chi connectivity index (χ1n) is 6.98. The van der Waals surface area contributed by atoms with Crippen LogP contribution in [-0.4, -0.2) is 47.3 Å². The minimum Gasteiger partial charge on any atom is -0.394 e. The Kier molecular flexibility index (Phi) is 6.10. The van der Waals surface area contributed by atoms with Crippen molar-refractivity contribution in [3.05, 3.63) is 38.3 Å². The van der Waals surface area contributed by atoms with Gasteiger partial charge in [0.05, 0.1) is 24.2 Å². The van der Waals surface area contributed by atoms with E-state index in [4.69, 9.17) is 9.84 Å². The van der Waals surface area contributed by atoms with E-state index in [2.05, 4.69) is 20.8 Å². The van der Waals surface area contributed by atoms with Gasteiger partial charge in [-0.1, -0.05) is 15.9 Å². The highest BCUT2D eigenvalue weighted by Crippen LogP contribution is 2.26. The van der Waals surface area contributed by atoms with Crippen molar-refractivity contribution in [2.45, 2.75) is 25.5 Å². The van der Waals surface area contributed by atoms with Crippen molar-refractivity contribution < 1.29 is 14.8 Å². The fraction of sp³-hybridized carbons (Fsp3) is 0.571. The lowest BCUT2D eigenvalue weighted by Crippen LogP contribution is -2.37. The van der Waals surface area contributed by atoms with Gasteiger partial charge in [0.25, 0.3) is 5.69 Å². The molecule has 116 valence electrons. The SMILES string of the molecule is O=[N+]([O-])c1cc(Br)ccc1CN1CCC(OCCO)CC1. The number of nitro groups is 1. The zero-order chi connectivity index (χ0) is 15.2. The number of aliphatic hydroxyl groups excluding tert-OH is 1. The Balaban J connectivity index is 1.93. The summed E-state index contributed by atoms with van der Waals surface area (Å²) in [7, 11) is 0. The maximum Gasteiger partial charge on any atom is 0.275 e. The molecule has 0 aromatic heterocycles. The average molecular weight is 359 g/mol. The molecule has 6 nitrogen and oxygen atoms in total. The maximum atomic E-state index is 11.1. The second-order valence-corrected chi connectivity index (χ2v) is 6.02. The molecule has 1 N–H and O–H groups in total. The Hall–Kier alpha value is -1.02. The van der Waals surface area contributed by atoms with Gasteiger partial charge >= 0.3 is 0 Å². The molecule has 0 radical (unpaired) electrons. The van der Waals surface area contributed by atoms with Crippen LogP contribution in [0.3, 0.4) is 0 Å². The van der Waals surface area contributed by atoms with E-state index in [0.29, 0.717) is 17.6 Å². The van der Waals surface area contributed by atoms with Crippen molar-refractivity contribution in [2.75, 3.05) is 26.3 Å². The molecule has 1 saturated heterocycles. The molecule has 0 aliphatic carbocycles. The number of likely N-dealkylation sites (tertiary alicyclic amines) is 1. The number of aliphatic hydroxyl groups is 1. The largest absolute Gasteiger partial charge is 0.394 e. The molecule has 7 heteroatoms. The van der Waals surface area contributed by atoms with Crippen LogP contribution in [0.5, 0.6) is 0 Å². The molecule has 1 fully saturated rings. The van der Waals surface area contributed by atoms with Crippen LogP contribution in [0.25, 0.3) is 0 Å². The van der Waals surface area contributed by atoms with Gasteiger partial charge in [0, 0.05) is 35.7 Å². The molecule has 21 heavy (non-hydrogen) atoms. The van der Waals surface area contributed by atoms with E-state index in [1.807, 2.05) is 6.07 Å². The lowest BCUT2D eigenvalue weighted by atomic mass is 10.1. The van der Waals surface area contributed by atoms with Gasteiger partial charge in [-0.3, -0.25) is 15.0 Å². The smallest absolute Gasteiger partial charge is 0.275 e. The zero-order valence-corrected chi connectivity index (χ0v) is 13.3.